The van der Waals surface area contributed by atoms with Gasteiger partial charge in [-0.25, -0.2) is 0 Å². The highest BCUT2D eigenvalue weighted by atomic mass is 16.5. The van der Waals surface area contributed by atoms with Crippen LogP contribution in [0, 0.1) is 13.8 Å². The quantitative estimate of drug-likeness (QED) is 0.413. The summed E-state index contributed by atoms with van der Waals surface area (Å²) in [5, 5.41) is 7.79. The summed E-state index contributed by atoms with van der Waals surface area (Å²) >= 11 is 0. The minimum absolute atomic E-state index is 0.214. The largest absolute Gasteiger partial charge is 0.496 e. The zero-order chi connectivity index (χ0) is 26.2. The number of rotatable bonds is 6. The van der Waals surface area contributed by atoms with E-state index >= 15 is 0 Å². The molecule has 0 fully saturated rings. The number of nitrogens with zero attached hydrogens (tertiary/aromatic N) is 3. The lowest BCUT2D eigenvalue weighted by Gasteiger charge is -2.43. The Morgan fingerprint density at radius 3 is 2.51 bits per heavy atom. The average Bonchev–Trinajstić information content (AvgIpc) is 3.34. The molecule has 0 bridgehead atoms. The Hall–Kier alpha value is -4.39. The van der Waals surface area contributed by atoms with Gasteiger partial charge in [-0.3, -0.25) is 19.2 Å². The van der Waals surface area contributed by atoms with Crippen molar-refractivity contribution < 1.29 is 14.3 Å². The number of para-hydroxylation sites is 1. The van der Waals surface area contributed by atoms with Gasteiger partial charge in [-0.1, -0.05) is 60.7 Å². The molecule has 1 N–H and O–H groups in total. The Morgan fingerprint density at radius 1 is 1.03 bits per heavy atom. The normalized spacial score (nSPS) is 16.9. The first-order chi connectivity index (χ1) is 17.8. The summed E-state index contributed by atoms with van der Waals surface area (Å²) in [7, 11) is 1.60. The Balaban J connectivity index is 1.57. The van der Waals surface area contributed by atoms with Crippen LogP contribution in [0.15, 0.2) is 78.9 Å². The van der Waals surface area contributed by atoms with Gasteiger partial charge in [0.25, 0.3) is 5.91 Å². The second kappa shape index (κ2) is 9.58. The minimum Gasteiger partial charge on any atom is -0.496 e. The number of benzene rings is 3. The van der Waals surface area contributed by atoms with Gasteiger partial charge in [-0.2, -0.15) is 5.10 Å². The molecular weight excluding hydrogens is 464 g/mol. The molecule has 2 amide bonds. The van der Waals surface area contributed by atoms with Gasteiger partial charge in [0.1, 0.15) is 17.0 Å². The van der Waals surface area contributed by atoms with E-state index < -0.39 is 5.54 Å². The summed E-state index contributed by atoms with van der Waals surface area (Å²) < 4.78 is 7.11. The van der Waals surface area contributed by atoms with Crippen molar-refractivity contribution in [3.05, 3.63) is 101 Å². The maximum absolute atomic E-state index is 14.1. The first-order valence-corrected chi connectivity index (χ1v) is 12.3. The van der Waals surface area contributed by atoms with Crippen molar-refractivity contribution in [2.45, 2.75) is 39.4 Å². The van der Waals surface area contributed by atoms with Crippen LogP contribution in [0.5, 0.6) is 5.75 Å². The van der Waals surface area contributed by atoms with E-state index in [2.05, 4.69) is 5.32 Å². The third-order valence-corrected chi connectivity index (χ3v) is 7.16. The summed E-state index contributed by atoms with van der Waals surface area (Å²) in [5.41, 5.74) is 4.42. The number of ether oxygens (including phenoxy) is 1. The molecule has 2 heterocycles. The van der Waals surface area contributed by atoms with Gasteiger partial charge in [0, 0.05) is 23.4 Å². The summed E-state index contributed by atoms with van der Waals surface area (Å²) in [5.74, 6) is 0.167. The van der Waals surface area contributed by atoms with Crippen molar-refractivity contribution >= 4 is 17.5 Å². The Bertz CT molecular complexity index is 1480. The molecule has 0 aliphatic carbocycles. The monoisotopic (exact) mass is 494 g/mol. The summed E-state index contributed by atoms with van der Waals surface area (Å²) in [6.45, 7) is 6.27. The van der Waals surface area contributed by atoms with Crippen LogP contribution < -0.4 is 15.0 Å². The first-order valence-electron chi connectivity index (χ1n) is 12.3. The lowest BCUT2D eigenvalue weighted by molar-refractivity contribution is -0.126. The molecule has 1 aliphatic rings. The third-order valence-electron chi connectivity index (χ3n) is 7.16. The number of hydrogen-bond donors (Lipinski definition) is 1. The van der Waals surface area contributed by atoms with Crippen LogP contribution in [-0.4, -0.2) is 34.2 Å². The van der Waals surface area contributed by atoms with Crippen LogP contribution in [0.4, 0.5) is 5.69 Å². The maximum Gasteiger partial charge on any atom is 0.277 e. The fraction of sp³-hybridized carbons (Fsp3) is 0.233. The molecule has 3 aromatic carbocycles. The van der Waals surface area contributed by atoms with E-state index in [1.54, 1.807) is 23.6 Å². The lowest BCUT2D eigenvalue weighted by Crippen LogP contribution is -2.64. The van der Waals surface area contributed by atoms with E-state index in [1.165, 1.54) is 0 Å². The highest BCUT2D eigenvalue weighted by molar-refractivity contribution is 6.12. The van der Waals surface area contributed by atoms with Crippen LogP contribution in [0.25, 0.3) is 11.3 Å². The van der Waals surface area contributed by atoms with Crippen LogP contribution in [0.3, 0.4) is 0 Å². The van der Waals surface area contributed by atoms with Crippen LogP contribution in [-0.2, 0) is 17.9 Å². The highest BCUT2D eigenvalue weighted by Crippen LogP contribution is 2.36. The van der Waals surface area contributed by atoms with Gasteiger partial charge < -0.3 is 10.1 Å². The molecule has 5 rings (SSSR count). The van der Waals surface area contributed by atoms with Gasteiger partial charge >= 0.3 is 0 Å². The Morgan fingerprint density at radius 2 is 1.76 bits per heavy atom. The van der Waals surface area contributed by atoms with Gasteiger partial charge in [-0.15, -0.1) is 0 Å². The van der Waals surface area contributed by atoms with Crippen molar-refractivity contribution in [1.29, 1.82) is 0 Å². The number of fused-ring (bicyclic) bond motifs is 1. The summed E-state index contributed by atoms with van der Waals surface area (Å²) in [4.78, 5) is 29.6. The van der Waals surface area contributed by atoms with Gasteiger partial charge in [0.15, 0.2) is 0 Å². The molecule has 0 saturated heterocycles. The van der Waals surface area contributed by atoms with Gasteiger partial charge in [0.2, 0.25) is 5.91 Å². The van der Waals surface area contributed by atoms with E-state index in [4.69, 9.17) is 9.84 Å². The molecule has 1 aromatic heterocycles. The molecule has 1 aliphatic heterocycles. The summed E-state index contributed by atoms with van der Waals surface area (Å²) in [6.07, 6.45) is 0. The van der Waals surface area contributed by atoms with E-state index in [0.717, 1.165) is 22.3 Å². The van der Waals surface area contributed by atoms with Crippen molar-refractivity contribution in [2.24, 2.45) is 0 Å². The second-order valence-electron chi connectivity index (χ2n) is 9.57. The minimum atomic E-state index is -1.22. The van der Waals surface area contributed by atoms with Crippen molar-refractivity contribution in [2.75, 3.05) is 12.0 Å². The fourth-order valence-electron chi connectivity index (χ4n) is 4.90. The Labute approximate surface area is 216 Å². The van der Waals surface area contributed by atoms with E-state index in [-0.39, 0.29) is 24.9 Å². The zero-order valence-corrected chi connectivity index (χ0v) is 21.5. The average molecular weight is 495 g/mol. The predicted molar refractivity (Wildman–Crippen MR) is 144 cm³/mol. The van der Waals surface area contributed by atoms with Crippen LogP contribution in [0.1, 0.15) is 34.1 Å². The topological polar surface area (TPSA) is 76.5 Å². The van der Waals surface area contributed by atoms with Crippen molar-refractivity contribution in [3.63, 3.8) is 0 Å². The number of methoxy groups -OCH3 is 1. The van der Waals surface area contributed by atoms with Crippen LogP contribution >= 0.6 is 0 Å². The van der Waals surface area contributed by atoms with Crippen LogP contribution in [0.2, 0.25) is 0 Å². The smallest absolute Gasteiger partial charge is 0.277 e. The number of hydrogen-bond acceptors (Lipinski definition) is 4. The molecule has 4 aromatic rings. The predicted octanol–water partition coefficient (Wildman–Crippen LogP) is 4.91. The lowest BCUT2D eigenvalue weighted by atomic mass is 9.92. The van der Waals surface area contributed by atoms with Crippen molar-refractivity contribution in [1.82, 2.24) is 15.1 Å². The molecule has 0 spiro atoms. The number of amides is 2. The first kappa shape index (κ1) is 24.3. The molecular formula is C30H30N4O3. The number of aryl methyl sites for hydroxylation is 1. The number of aromatic nitrogens is 2. The standard InChI is InChI=1S/C30H30N4O3/c1-20-11-10-15-25(21(20)2)34-28(35)26-17-24(22-12-6-5-7-13-22)32-33(26)19-30(34,3)29(36)31-18-23-14-8-9-16-27(23)37-4/h5-17H,18-19H2,1-4H3,(H,31,36)/t30-/m1/s1. The van der Waals surface area contributed by atoms with E-state index in [9.17, 15) is 9.59 Å². The third kappa shape index (κ3) is 4.27. The Kier molecular flexibility index (Phi) is 6.29. The summed E-state index contributed by atoms with van der Waals surface area (Å²) in [6, 6.07) is 24.9. The molecule has 37 heavy (non-hydrogen) atoms. The number of nitrogens with one attached hydrogen (secondary N) is 1. The molecule has 0 radical (unpaired) electrons. The molecule has 7 nitrogen and oxygen atoms in total. The molecule has 188 valence electrons. The number of carbonyl (C=O) groups excluding carboxylic acids is 2. The number of anilines is 1. The molecule has 0 saturated carbocycles. The SMILES string of the molecule is COc1ccccc1CNC(=O)[C@@]1(C)Cn2nc(-c3ccccc3)cc2C(=O)N1c1cccc(C)c1C. The fourth-order valence-corrected chi connectivity index (χ4v) is 4.90. The van der Waals surface area contributed by atoms with Gasteiger partial charge in [-0.05, 0) is 50.1 Å². The van der Waals surface area contributed by atoms with Gasteiger partial charge in [0.05, 0.1) is 19.3 Å². The van der Waals surface area contributed by atoms with Crippen molar-refractivity contribution in [3.8, 4) is 17.0 Å². The molecule has 0 unspecified atom stereocenters. The van der Waals surface area contributed by atoms with E-state index in [1.807, 2.05) is 92.7 Å². The molecule has 1 atom stereocenters. The molecule has 7 heteroatoms. The second-order valence-corrected chi connectivity index (χ2v) is 9.57. The zero-order valence-electron chi connectivity index (χ0n) is 21.5. The maximum atomic E-state index is 14.1. The highest BCUT2D eigenvalue weighted by Gasteiger charge is 2.49. The number of carbonyl (C=O) groups is 2. The van der Waals surface area contributed by atoms with E-state index in [0.29, 0.717) is 22.8 Å².